The van der Waals surface area contributed by atoms with Gasteiger partial charge in [-0.2, -0.15) is 13.2 Å². The molecule has 0 aromatic heterocycles. The van der Waals surface area contributed by atoms with Crippen LogP contribution in [0.2, 0.25) is 0 Å². The maximum Gasteiger partial charge on any atom is 0.405 e. The Kier molecular flexibility index (Phi) is 4.20. The van der Waals surface area contributed by atoms with Crippen LogP contribution in [0.15, 0.2) is 24.3 Å². The molecule has 0 bridgehead atoms. The Morgan fingerprint density at radius 2 is 2.05 bits per heavy atom. The number of hydrogen-bond donors (Lipinski definition) is 1. The Morgan fingerprint density at radius 1 is 1.38 bits per heavy atom. The molecule has 0 radical (unpaired) electrons. The largest absolute Gasteiger partial charge is 0.478 e. The van der Waals surface area contributed by atoms with Gasteiger partial charge in [0.25, 0.3) is 0 Å². The van der Waals surface area contributed by atoms with E-state index in [9.17, 15) is 22.4 Å². The molecule has 1 N–H and O–H groups in total. The first-order chi connectivity index (χ1) is 9.76. The molecule has 0 unspecified atom stereocenters. The number of carbonyl (C=O) groups is 1. The summed E-state index contributed by atoms with van der Waals surface area (Å²) >= 11 is 0. The maximum absolute atomic E-state index is 13.3. The fourth-order valence-corrected chi connectivity index (χ4v) is 2.07. The molecule has 1 aromatic rings. The molecular weight excluding hydrogens is 290 g/mol. The molecule has 0 saturated heterocycles. The minimum Gasteiger partial charge on any atom is -0.478 e. The Balaban J connectivity index is 2.37. The van der Waals surface area contributed by atoms with Crippen molar-refractivity contribution in [1.82, 2.24) is 0 Å². The van der Waals surface area contributed by atoms with Gasteiger partial charge < -0.3 is 10.0 Å². The first kappa shape index (κ1) is 15.3. The van der Waals surface area contributed by atoms with Crippen LogP contribution in [0.1, 0.15) is 18.4 Å². The summed E-state index contributed by atoms with van der Waals surface area (Å²) in [4.78, 5) is 11.7. The fourth-order valence-electron chi connectivity index (χ4n) is 2.07. The summed E-state index contributed by atoms with van der Waals surface area (Å²) in [5.41, 5.74) is 0.308. The van der Waals surface area contributed by atoms with Crippen molar-refractivity contribution in [2.24, 2.45) is 0 Å². The lowest BCUT2D eigenvalue weighted by molar-refractivity contribution is -0.131. The standard InChI is InChI=1S/C14H13F4NO2/c15-10-2-5-12(9(7-10)1-6-13(20)21)19(11-3-4-11)8-14(16,17)18/h1-2,5-7,11H,3-4,8H2,(H,20,21). The van der Waals surface area contributed by atoms with Crippen LogP contribution in [0, 0.1) is 5.82 Å². The average Bonchev–Trinajstić information content (AvgIpc) is 3.17. The molecule has 1 aromatic carbocycles. The highest BCUT2D eigenvalue weighted by Crippen LogP contribution is 2.36. The van der Waals surface area contributed by atoms with Gasteiger partial charge in [-0.1, -0.05) is 0 Å². The van der Waals surface area contributed by atoms with Crippen molar-refractivity contribution in [2.75, 3.05) is 11.4 Å². The van der Waals surface area contributed by atoms with Crippen molar-refractivity contribution in [2.45, 2.75) is 25.1 Å². The zero-order valence-corrected chi connectivity index (χ0v) is 10.9. The number of nitrogens with zero attached hydrogens (tertiary/aromatic N) is 1. The number of rotatable bonds is 5. The number of carboxylic acids is 1. The molecule has 21 heavy (non-hydrogen) atoms. The van der Waals surface area contributed by atoms with Gasteiger partial charge in [-0.05, 0) is 37.1 Å². The number of benzene rings is 1. The summed E-state index contributed by atoms with van der Waals surface area (Å²) in [7, 11) is 0. The maximum atomic E-state index is 13.3. The van der Waals surface area contributed by atoms with Crippen molar-refractivity contribution in [1.29, 1.82) is 0 Å². The lowest BCUT2D eigenvalue weighted by Gasteiger charge is -2.27. The molecule has 0 spiro atoms. The quantitative estimate of drug-likeness (QED) is 0.669. The van der Waals surface area contributed by atoms with E-state index in [1.165, 1.54) is 6.07 Å². The zero-order chi connectivity index (χ0) is 15.6. The number of alkyl halides is 3. The monoisotopic (exact) mass is 303 g/mol. The summed E-state index contributed by atoms with van der Waals surface area (Å²) in [6, 6.07) is 3.11. The van der Waals surface area contributed by atoms with E-state index in [0.29, 0.717) is 12.8 Å². The summed E-state index contributed by atoms with van der Waals surface area (Å²) in [5, 5.41) is 8.61. The van der Waals surface area contributed by atoms with Gasteiger partial charge in [0, 0.05) is 23.4 Å². The number of halogens is 4. The van der Waals surface area contributed by atoms with E-state index in [1.54, 1.807) is 0 Å². The average molecular weight is 303 g/mol. The van der Waals surface area contributed by atoms with Gasteiger partial charge in [-0.15, -0.1) is 0 Å². The van der Waals surface area contributed by atoms with Crippen molar-refractivity contribution < 1.29 is 27.5 Å². The van der Waals surface area contributed by atoms with Gasteiger partial charge in [0.15, 0.2) is 0 Å². The smallest absolute Gasteiger partial charge is 0.405 e. The summed E-state index contributed by atoms with van der Waals surface area (Å²) in [5.74, 6) is -1.88. The topological polar surface area (TPSA) is 40.5 Å². The first-order valence-corrected chi connectivity index (χ1v) is 6.30. The summed E-state index contributed by atoms with van der Waals surface area (Å²) in [6.07, 6.45) is -1.24. The van der Waals surface area contributed by atoms with Crippen LogP contribution in [0.5, 0.6) is 0 Å². The lowest BCUT2D eigenvalue weighted by atomic mass is 10.1. The third kappa shape index (κ3) is 4.47. The normalized spacial score (nSPS) is 15.4. The third-order valence-electron chi connectivity index (χ3n) is 3.04. The van der Waals surface area contributed by atoms with Gasteiger partial charge in [-0.25, -0.2) is 9.18 Å². The van der Waals surface area contributed by atoms with Gasteiger partial charge in [0.05, 0.1) is 0 Å². The van der Waals surface area contributed by atoms with E-state index in [1.807, 2.05) is 0 Å². The molecule has 1 aliphatic carbocycles. The SMILES string of the molecule is O=C(O)C=Cc1cc(F)ccc1N(CC(F)(F)F)C1CC1. The molecule has 0 aliphatic heterocycles. The molecule has 0 atom stereocenters. The second-order valence-electron chi connectivity index (χ2n) is 4.85. The van der Waals surface area contributed by atoms with E-state index in [2.05, 4.69) is 0 Å². The molecule has 0 amide bonds. The first-order valence-electron chi connectivity index (χ1n) is 6.30. The highest BCUT2D eigenvalue weighted by atomic mass is 19.4. The molecule has 3 nitrogen and oxygen atoms in total. The highest BCUT2D eigenvalue weighted by Gasteiger charge is 2.38. The molecule has 0 heterocycles. The molecule has 1 aliphatic rings. The number of hydrogen-bond acceptors (Lipinski definition) is 2. The predicted molar refractivity (Wildman–Crippen MR) is 69.5 cm³/mol. The van der Waals surface area contributed by atoms with Gasteiger partial charge >= 0.3 is 12.1 Å². The molecule has 114 valence electrons. The number of anilines is 1. The van der Waals surface area contributed by atoms with Crippen LogP contribution in [0.4, 0.5) is 23.2 Å². The predicted octanol–water partition coefficient (Wildman–Crippen LogP) is 3.45. The van der Waals surface area contributed by atoms with Crippen LogP contribution in [0.25, 0.3) is 6.08 Å². The van der Waals surface area contributed by atoms with Crippen molar-refractivity contribution in [3.8, 4) is 0 Å². The van der Waals surface area contributed by atoms with Crippen molar-refractivity contribution in [3.63, 3.8) is 0 Å². The van der Waals surface area contributed by atoms with Crippen molar-refractivity contribution >= 4 is 17.7 Å². The van der Waals surface area contributed by atoms with Crippen LogP contribution in [-0.4, -0.2) is 29.8 Å². The number of carboxylic acid groups (broad SMARTS) is 1. The van der Waals surface area contributed by atoms with E-state index in [-0.39, 0.29) is 17.3 Å². The Labute approximate surface area is 118 Å². The van der Waals surface area contributed by atoms with Crippen molar-refractivity contribution in [3.05, 3.63) is 35.7 Å². The van der Waals surface area contributed by atoms with Crippen LogP contribution in [0.3, 0.4) is 0 Å². The lowest BCUT2D eigenvalue weighted by Crippen LogP contribution is -2.36. The van der Waals surface area contributed by atoms with E-state index in [4.69, 9.17) is 5.11 Å². The second kappa shape index (κ2) is 5.75. The zero-order valence-electron chi connectivity index (χ0n) is 10.9. The van der Waals surface area contributed by atoms with E-state index < -0.39 is 24.5 Å². The van der Waals surface area contributed by atoms with Crippen LogP contribution in [-0.2, 0) is 4.79 Å². The molecule has 2 rings (SSSR count). The Morgan fingerprint density at radius 3 is 2.57 bits per heavy atom. The second-order valence-corrected chi connectivity index (χ2v) is 4.85. The Hall–Kier alpha value is -2.05. The van der Waals surface area contributed by atoms with Crippen LogP contribution >= 0.6 is 0 Å². The molecule has 1 saturated carbocycles. The van der Waals surface area contributed by atoms with Crippen LogP contribution < -0.4 is 4.90 Å². The highest BCUT2D eigenvalue weighted by molar-refractivity contribution is 5.87. The van der Waals surface area contributed by atoms with Gasteiger partial charge in [-0.3, -0.25) is 0 Å². The summed E-state index contributed by atoms with van der Waals surface area (Å²) < 4.78 is 51.3. The van der Waals surface area contributed by atoms with E-state index in [0.717, 1.165) is 29.2 Å². The minimum absolute atomic E-state index is 0.119. The Bertz CT molecular complexity index is 565. The summed E-state index contributed by atoms with van der Waals surface area (Å²) in [6.45, 7) is -1.14. The minimum atomic E-state index is -4.38. The third-order valence-corrected chi connectivity index (χ3v) is 3.04. The van der Waals surface area contributed by atoms with E-state index >= 15 is 0 Å². The molecule has 1 fully saturated rings. The molecule has 7 heteroatoms. The molecular formula is C14H13F4NO2. The fraction of sp³-hybridized carbons (Fsp3) is 0.357. The number of aliphatic carboxylic acids is 1. The van der Waals surface area contributed by atoms with Gasteiger partial charge in [0.2, 0.25) is 0 Å². The van der Waals surface area contributed by atoms with Gasteiger partial charge in [0.1, 0.15) is 12.4 Å².